The van der Waals surface area contributed by atoms with Crippen LogP contribution in [0.4, 0.5) is 5.00 Å². The number of hydrogen-bond acceptors (Lipinski definition) is 3. The minimum atomic E-state index is -0.395. The number of hydrogen-bond donors (Lipinski definition) is 2. The summed E-state index contributed by atoms with van der Waals surface area (Å²) in [6.07, 6.45) is 2.78. The zero-order valence-electron chi connectivity index (χ0n) is 12.6. The molecule has 2 aliphatic rings. The molecular formula is C17H16Cl2N2OS. The number of carbonyl (C=O) groups excluding carboxylic acids is 1. The van der Waals surface area contributed by atoms with Crippen LogP contribution in [0.15, 0.2) is 18.2 Å². The van der Waals surface area contributed by atoms with E-state index >= 15 is 0 Å². The molecule has 23 heavy (non-hydrogen) atoms. The third-order valence-electron chi connectivity index (χ3n) is 4.58. The highest BCUT2D eigenvalue weighted by Crippen LogP contribution is 2.43. The van der Waals surface area contributed by atoms with Crippen molar-refractivity contribution < 1.29 is 4.79 Å². The fourth-order valence-electron chi connectivity index (χ4n) is 3.39. The van der Waals surface area contributed by atoms with E-state index < -0.39 is 6.17 Å². The number of rotatable bonds is 1. The van der Waals surface area contributed by atoms with Gasteiger partial charge in [0.25, 0.3) is 5.91 Å². The smallest absolute Gasteiger partial charge is 0.256 e. The maximum Gasteiger partial charge on any atom is 0.256 e. The normalized spacial score (nSPS) is 22.8. The van der Waals surface area contributed by atoms with E-state index in [1.807, 2.05) is 0 Å². The molecule has 2 heterocycles. The van der Waals surface area contributed by atoms with Gasteiger partial charge in [-0.05, 0) is 42.9 Å². The zero-order chi connectivity index (χ0) is 16.1. The predicted molar refractivity (Wildman–Crippen MR) is 95.8 cm³/mol. The molecule has 2 N–H and O–H groups in total. The van der Waals surface area contributed by atoms with Crippen LogP contribution >= 0.6 is 34.5 Å². The molecule has 120 valence electrons. The van der Waals surface area contributed by atoms with Crippen LogP contribution in [0, 0.1) is 5.92 Å². The van der Waals surface area contributed by atoms with Crippen molar-refractivity contribution in [2.75, 3.05) is 5.32 Å². The van der Waals surface area contributed by atoms with Crippen molar-refractivity contribution in [2.24, 2.45) is 5.92 Å². The summed E-state index contributed by atoms with van der Waals surface area (Å²) in [4.78, 5) is 14.0. The summed E-state index contributed by atoms with van der Waals surface area (Å²) in [5.41, 5.74) is 2.75. The van der Waals surface area contributed by atoms with Gasteiger partial charge in [-0.3, -0.25) is 4.79 Å². The molecule has 1 amide bonds. The Morgan fingerprint density at radius 3 is 2.70 bits per heavy atom. The molecule has 4 rings (SSSR count). The van der Waals surface area contributed by atoms with Crippen LogP contribution in [-0.4, -0.2) is 5.91 Å². The van der Waals surface area contributed by atoms with Crippen LogP contribution in [0.25, 0.3) is 0 Å². The highest BCUT2D eigenvalue weighted by atomic mass is 35.5. The first-order chi connectivity index (χ1) is 11.0. The van der Waals surface area contributed by atoms with Gasteiger partial charge in [0.05, 0.1) is 5.56 Å². The van der Waals surface area contributed by atoms with E-state index in [9.17, 15) is 4.79 Å². The SMILES string of the molecule is C[C@@H]1CCc2c(sc3c2C(=O)N[C@H](c2c(Cl)cccc2Cl)N3)C1. The van der Waals surface area contributed by atoms with Gasteiger partial charge < -0.3 is 10.6 Å². The van der Waals surface area contributed by atoms with Crippen molar-refractivity contribution in [3.05, 3.63) is 49.8 Å². The highest BCUT2D eigenvalue weighted by molar-refractivity contribution is 7.16. The largest absolute Gasteiger partial charge is 0.353 e. The Hall–Kier alpha value is -1.23. The van der Waals surface area contributed by atoms with Crippen molar-refractivity contribution in [2.45, 2.75) is 32.4 Å². The molecule has 0 radical (unpaired) electrons. The molecule has 0 bridgehead atoms. The second-order valence-electron chi connectivity index (χ2n) is 6.24. The monoisotopic (exact) mass is 366 g/mol. The summed E-state index contributed by atoms with van der Waals surface area (Å²) in [5.74, 6) is 0.645. The van der Waals surface area contributed by atoms with Gasteiger partial charge in [0.15, 0.2) is 0 Å². The van der Waals surface area contributed by atoms with Gasteiger partial charge in [0.1, 0.15) is 11.2 Å². The number of benzene rings is 1. The van der Waals surface area contributed by atoms with Crippen LogP contribution in [0.5, 0.6) is 0 Å². The second-order valence-corrected chi connectivity index (χ2v) is 8.16. The summed E-state index contributed by atoms with van der Waals surface area (Å²) in [6, 6.07) is 5.37. The van der Waals surface area contributed by atoms with Gasteiger partial charge in [-0.25, -0.2) is 0 Å². The quantitative estimate of drug-likeness (QED) is 0.742. The first-order valence-corrected chi connectivity index (χ1v) is 9.27. The van der Waals surface area contributed by atoms with Gasteiger partial charge in [0, 0.05) is 20.5 Å². The average Bonchev–Trinajstić information content (AvgIpc) is 2.84. The first-order valence-electron chi connectivity index (χ1n) is 7.70. The lowest BCUT2D eigenvalue weighted by Crippen LogP contribution is -2.38. The maximum absolute atomic E-state index is 12.7. The summed E-state index contributed by atoms with van der Waals surface area (Å²) < 4.78 is 0. The number of anilines is 1. The van der Waals surface area contributed by atoms with E-state index in [1.54, 1.807) is 29.5 Å². The molecule has 0 saturated heterocycles. The Bertz CT molecular complexity index is 782. The fourth-order valence-corrected chi connectivity index (χ4v) is 5.45. The van der Waals surface area contributed by atoms with Crippen molar-refractivity contribution >= 4 is 45.4 Å². The summed E-state index contributed by atoms with van der Waals surface area (Å²) in [7, 11) is 0. The van der Waals surface area contributed by atoms with Crippen molar-refractivity contribution in [1.29, 1.82) is 0 Å². The standard InChI is InChI=1S/C17H16Cl2N2OS/c1-8-5-6-9-12(7-8)23-17-13(9)16(22)20-15(21-17)14-10(18)3-2-4-11(14)19/h2-4,8,15,21H,5-7H2,1H3,(H,20,22)/t8-,15+/m1/s1. The number of fused-ring (bicyclic) bond motifs is 3. The van der Waals surface area contributed by atoms with Gasteiger partial charge in [-0.1, -0.05) is 36.2 Å². The van der Waals surface area contributed by atoms with E-state index in [2.05, 4.69) is 17.6 Å². The molecule has 1 aliphatic heterocycles. The Morgan fingerprint density at radius 1 is 1.22 bits per heavy atom. The number of thiophene rings is 1. The average molecular weight is 367 g/mol. The lowest BCUT2D eigenvalue weighted by atomic mass is 9.88. The molecule has 1 aromatic carbocycles. The van der Waals surface area contributed by atoms with Crippen molar-refractivity contribution in [1.82, 2.24) is 5.32 Å². The molecule has 6 heteroatoms. The van der Waals surface area contributed by atoms with E-state index in [4.69, 9.17) is 23.2 Å². The van der Waals surface area contributed by atoms with E-state index in [-0.39, 0.29) is 5.91 Å². The number of amides is 1. The lowest BCUT2D eigenvalue weighted by Gasteiger charge is -2.28. The topological polar surface area (TPSA) is 41.1 Å². The highest BCUT2D eigenvalue weighted by Gasteiger charge is 2.34. The van der Waals surface area contributed by atoms with Gasteiger partial charge in [0.2, 0.25) is 0 Å². The summed E-state index contributed by atoms with van der Waals surface area (Å²) in [6.45, 7) is 2.27. The van der Waals surface area contributed by atoms with Crippen molar-refractivity contribution in [3.8, 4) is 0 Å². The fraction of sp³-hybridized carbons (Fsp3) is 0.353. The Kier molecular flexibility index (Phi) is 3.79. The van der Waals surface area contributed by atoms with Gasteiger partial charge in [-0.2, -0.15) is 0 Å². The molecule has 0 unspecified atom stereocenters. The molecule has 2 aromatic rings. The number of carbonyl (C=O) groups is 1. The molecular weight excluding hydrogens is 351 g/mol. The summed E-state index contributed by atoms with van der Waals surface area (Å²) in [5, 5.41) is 8.46. The number of nitrogens with one attached hydrogen (secondary N) is 2. The van der Waals surface area contributed by atoms with Crippen LogP contribution in [0.2, 0.25) is 10.0 Å². The molecule has 0 saturated carbocycles. The second kappa shape index (κ2) is 5.69. The van der Waals surface area contributed by atoms with E-state index in [0.29, 0.717) is 16.0 Å². The van der Waals surface area contributed by atoms with Crippen LogP contribution in [0.1, 0.15) is 45.9 Å². The lowest BCUT2D eigenvalue weighted by molar-refractivity contribution is 0.0935. The third-order valence-corrected chi connectivity index (χ3v) is 6.42. The van der Waals surface area contributed by atoms with Crippen molar-refractivity contribution in [3.63, 3.8) is 0 Å². The molecule has 1 aliphatic carbocycles. The minimum absolute atomic E-state index is 0.0354. The summed E-state index contributed by atoms with van der Waals surface area (Å²) >= 11 is 14.3. The van der Waals surface area contributed by atoms with Crippen LogP contribution < -0.4 is 10.6 Å². The molecule has 0 spiro atoms. The Balaban J connectivity index is 1.75. The number of halogens is 2. The predicted octanol–water partition coefficient (Wildman–Crippen LogP) is 5.03. The molecule has 2 atom stereocenters. The van der Waals surface area contributed by atoms with Gasteiger partial charge in [-0.15, -0.1) is 11.3 Å². The first kappa shape index (κ1) is 15.3. The molecule has 1 aromatic heterocycles. The Morgan fingerprint density at radius 2 is 1.96 bits per heavy atom. The van der Waals surface area contributed by atoms with Gasteiger partial charge >= 0.3 is 0 Å². The minimum Gasteiger partial charge on any atom is -0.353 e. The maximum atomic E-state index is 12.7. The van der Waals surface area contributed by atoms with Crippen LogP contribution in [0.3, 0.4) is 0 Å². The molecule has 3 nitrogen and oxygen atoms in total. The Labute approximate surface area is 149 Å². The van der Waals surface area contributed by atoms with E-state index in [1.165, 1.54) is 10.4 Å². The molecule has 0 fully saturated rings. The van der Waals surface area contributed by atoms with Crippen LogP contribution in [-0.2, 0) is 12.8 Å². The van der Waals surface area contributed by atoms with E-state index in [0.717, 1.165) is 35.4 Å². The third kappa shape index (κ3) is 2.53. The zero-order valence-corrected chi connectivity index (χ0v) is 14.9.